The summed E-state index contributed by atoms with van der Waals surface area (Å²) in [5.74, 6) is 2.08. The van der Waals surface area contributed by atoms with Crippen LogP contribution in [0.1, 0.15) is 19.4 Å². The first kappa shape index (κ1) is 18.8. The summed E-state index contributed by atoms with van der Waals surface area (Å²) >= 11 is 14.2. The molecule has 0 atom stereocenters. The molecule has 0 spiro atoms. The molecule has 1 aromatic heterocycles. The number of rotatable bonds is 6. The van der Waals surface area contributed by atoms with Crippen molar-refractivity contribution < 1.29 is 4.74 Å². The van der Waals surface area contributed by atoms with E-state index >= 15 is 0 Å². The average Bonchev–Trinajstić information content (AvgIpc) is 2.97. The van der Waals surface area contributed by atoms with E-state index in [9.17, 15) is 0 Å². The summed E-state index contributed by atoms with van der Waals surface area (Å²) in [7, 11) is 0. The SMILES string of the molecule is CC(C)Cn1c(SCc2c(Cl)cccc2Cl)nnc1N1CCOCC1. The molecule has 3 rings (SSSR count). The Balaban J connectivity index is 1.81. The van der Waals surface area contributed by atoms with E-state index in [2.05, 4.69) is 33.5 Å². The second-order valence-corrected chi connectivity index (χ2v) is 8.13. The van der Waals surface area contributed by atoms with Gasteiger partial charge in [0.15, 0.2) is 5.16 Å². The van der Waals surface area contributed by atoms with E-state index < -0.39 is 0 Å². The summed E-state index contributed by atoms with van der Waals surface area (Å²) in [5.41, 5.74) is 0.933. The molecule has 1 fully saturated rings. The van der Waals surface area contributed by atoms with Gasteiger partial charge < -0.3 is 9.64 Å². The van der Waals surface area contributed by atoms with Gasteiger partial charge in [0.25, 0.3) is 0 Å². The van der Waals surface area contributed by atoms with E-state index in [0.717, 1.165) is 49.5 Å². The first-order chi connectivity index (χ1) is 12.1. The van der Waals surface area contributed by atoms with Crippen molar-refractivity contribution >= 4 is 40.9 Å². The fourth-order valence-corrected chi connectivity index (χ4v) is 4.40. The highest BCUT2D eigenvalue weighted by atomic mass is 35.5. The zero-order valence-corrected chi connectivity index (χ0v) is 16.7. The van der Waals surface area contributed by atoms with Crippen molar-refractivity contribution in [2.24, 2.45) is 5.92 Å². The monoisotopic (exact) mass is 400 g/mol. The van der Waals surface area contributed by atoms with Crippen molar-refractivity contribution in [1.82, 2.24) is 14.8 Å². The minimum absolute atomic E-state index is 0.499. The lowest BCUT2D eigenvalue weighted by Crippen LogP contribution is -2.38. The third kappa shape index (κ3) is 4.61. The van der Waals surface area contributed by atoms with Crippen molar-refractivity contribution in [1.29, 1.82) is 0 Å². The van der Waals surface area contributed by atoms with Gasteiger partial charge in [-0.05, 0) is 23.6 Å². The molecule has 0 saturated carbocycles. The van der Waals surface area contributed by atoms with E-state index in [1.165, 1.54) is 0 Å². The highest BCUT2D eigenvalue weighted by Gasteiger charge is 2.21. The number of hydrogen-bond acceptors (Lipinski definition) is 5. The Morgan fingerprint density at radius 2 is 1.84 bits per heavy atom. The molecule has 0 bridgehead atoms. The molecule has 1 saturated heterocycles. The second-order valence-electron chi connectivity index (χ2n) is 6.38. The van der Waals surface area contributed by atoms with Gasteiger partial charge in [-0.2, -0.15) is 0 Å². The highest BCUT2D eigenvalue weighted by Crippen LogP contribution is 2.32. The molecular formula is C17H22Cl2N4OS. The smallest absolute Gasteiger partial charge is 0.228 e. The number of hydrogen-bond donors (Lipinski definition) is 0. The molecule has 0 unspecified atom stereocenters. The van der Waals surface area contributed by atoms with Gasteiger partial charge in [0.1, 0.15) is 0 Å². The third-order valence-electron chi connectivity index (χ3n) is 3.95. The first-order valence-corrected chi connectivity index (χ1v) is 10.1. The lowest BCUT2D eigenvalue weighted by Gasteiger charge is -2.28. The van der Waals surface area contributed by atoms with Crippen LogP contribution in [0.4, 0.5) is 5.95 Å². The van der Waals surface area contributed by atoms with Gasteiger partial charge in [0.2, 0.25) is 5.95 Å². The summed E-state index contributed by atoms with van der Waals surface area (Å²) < 4.78 is 7.65. The molecule has 0 N–H and O–H groups in total. The number of anilines is 1. The van der Waals surface area contributed by atoms with Gasteiger partial charge in [0.05, 0.1) is 13.2 Å². The Kier molecular flexibility index (Phi) is 6.49. The molecule has 2 aromatic rings. The van der Waals surface area contributed by atoms with Crippen LogP contribution >= 0.6 is 35.0 Å². The van der Waals surface area contributed by atoms with Gasteiger partial charge in [-0.1, -0.05) is 54.9 Å². The van der Waals surface area contributed by atoms with Gasteiger partial charge in [0, 0.05) is 35.4 Å². The van der Waals surface area contributed by atoms with Crippen LogP contribution in [0.2, 0.25) is 10.0 Å². The largest absolute Gasteiger partial charge is 0.378 e. The minimum Gasteiger partial charge on any atom is -0.378 e. The number of ether oxygens (including phenoxy) is 1. The molecule has 1 aromatic carbocycles. The topological polar surface area (TPSA) is 43.2 Å². The van der Waals surface area contributed by atoms with E-state index in [-0.39, 0.29) is 0 Å². The summed E-state index contributed by atoms with van der Waals surface area (Å²) in [6, 6.07) is 5.58. The average molecular weight is 401 g/mol. The number of benzene rings is 1. The standard InChI is InChI=1S/C17H22Cl2N4OS/c1-12(2)10-23-16(22-6-8-24-9-7-22)20-21-17(23)25-11-13-14(18)4-3-5-15(13)19/h3-5,12H,6-11H2,1-2H3. The number of morpholine rings is 1. The van der Waals surface area contributed by atoms with Crippen LogP contribution < -0.4 is 4.90 Å². The molecule has 0 aliphatic carbocycles. The molecule has 25 heavy (non-hydrogen) atoms. The normalized spacial score (nSPS) is 15.2. The van der Waals surface area contributed by atoms with Crippen LogP contribution in [-0.2, 0) is 17.0 Å². The van der Waals surface area contributed by atoms with Crippen molar-refractivity contribution in [3.63, 3.8) is 0 Å². The lowest BCUT2D eigenvalue weighted by molar-refractivity contribution is 0.121. The molecule has 5 nitrogen and oxygen atoms in total. The first-order valence-electron chi connectivity index (χ1n) is 8.38. The van der Waals surface area contributed by atoms with Crippen molar-refractivity contribution in [3.8, 4) is 0 Å². The zero-order valence-electron chi connectivity index (χ0n) is 14.4. The lowest BCUT2D eigenvalue weighted by atomic mass is 10.2. The summed E-state index contributed by atoms with van der Waals surface area (Å²) in [5, 5.41) is 11.1. The zero-order chi connectivity index (χ0) is 17.8. The molecule has 2 heterocycles. The van der Waals surface area contributed by atoms with Crippen molar-refractivity contribution in [3.05, 3.63) is 33.8 Å². The predicted octanol–water partition coefficient (Wildman–Crippen LogP) is 4.37. The molecule has 1 aliphatic rings. The van der Waals surface area contributed by atoms with E-state index in [4.69, 9.17) is 27.9 Å². The van der Waals surface area contributed by atoms with E-state index in [1.54, 1.807) is 11.8 Å². The van der Waals surface area contributed by atoms with Gasteiger partial charge in [-0.3, -0.25) is 4.57 Å². The third-order valence-corrected chi connectivity index (χ3v) is 5.65. The Bertz CT molecular complexity index is 696. The van der Waals surface area contributed by atoms with Crippen LogP contribution in [-0.4, -0.2) is 41.1 Å². The van der Waals surface area contributed by atoms with Crippen LogP contribution in [0.5, 0.6) is 0 Å². The van der Waals surface area contributed by atoms with Gasteiger partial charge >= 0.3 is 0 Å². The number of halogens is 2. The van der Waals surface area contributed by atoms with Gasteiger partial charge in [-0.25, -0.2) is 0 Å². The second kappa shape index (κ2) is 8.62. The molecule has 0 amide bonds. The van der Waals surface area contributed by atoms with Crippen molar-refractivity contribution in [2.45, 2.75) is 31.3 Å². The Morgan fingerprint density at radius 3 is 2.48 bits per heavy atom. The van der Waals surface area contributed by atoms with E-state index in [1.807, 2.05) is 18.2 Å². The van der Waals surface area contributed by atoms with E-state index in [0.29, 0.717) is 21.7 Å². The van der Waals surface area contributed by atoms with Gasteiger partial charge in [-0.15, -0.1) is 10.2 Å². The molecule has 8 heteroatoms. The molecule has 0 radical (unpaired) electrons. The predicted molar refractivity (Wildman–Crippen MR) is 104 cm³/mol. The maximum absolute atomic E-state index is 6.28. The Hall–Kier alpha value is -0.950. The Morgan fingerprint density at radius 1 is 1.16 bits per heavy atom. The van der Waals surface area contributed by atoms with Crippen LogP contribution in [0.3, 0.4) is 0 Å². The van der Waals surface area contributed by atoms with Crippen LogP contribution in [0, 0.1) is 5.92 Å². The molecular weight excluding hydrogens is 379 g/mol. The maximum atomic E-state index is 6.28. The van der Waals surface area contributed by atoms with Crippen LogP contribution in [0.15, 0.2) is 23.4 Å². The molecule has 1 aliphatic heterocycles. The summed E-state index contributed by atoms with van der Waals surface area (Å²) in [4.78, 5) is 2.24. The Labute approximate surface area is 162 Å². The van der Waals surface area contributed by atoms with Crippen LogP contribution in [0.25, 0.3) is 0 Å². The van der Waals surface area contributed by atoms with Crippen molar-refractivity contribution in [2.75, 3.05) is 31.2 Å². The summed E-state index contributed by atoms with van der Waals surface area (Å²) in [6.07, 6.45) is 0. The quantitative estimate of drug-likeness (QED) is 0.673. The summed E-state index contributed by atoms with van der Waals surface area (Å²) in [6.45, 7) is 8.41. The fourth-order valence-electron chi connectivity index (χ4n) is 2.72. The number of nitrogens with zero attached hydrogens (tertiary/aromatic N) is 4. The minimum atomic E-state index is 0.499. The maximum Gasteiger partial charge on any atom is 0.228 e. The fraction of sp³-hybridized carbons (Fsp3) is 0.529. The number of thioether (sulfide) groups is 1. The molecule has 136 valence electrons. The highest BCUT2D eigenvalue weighted by molar-refractivity contribution is 7.98. The number of aromatic nitrogens is 3.